The quantitative estimate of drug-likeness (QED) is 0.885. The van der Waals surface area contributed by atoms with Crippen LogP contribution in [0.4, 0.5) is 0 Å². The topological polar surface area (TPSA) is 41.6 Å². The molecule has 1 fully saturated rings. The van der Waals surface area contributed by atoms with E-state index in [0.717, 1.165) is 27.8 Å². The summed E-state index contributed by atoms with van der Waals surface area (Å²) < 4.78 is 0. The molecular weight excluding hydrogens is 246 g/mol. The summed E-state index contributed by atoms with van der Waals surface area (Å²) >= 11 is 6.03. The molecule has 0 saturated heterocycles. The van der Waals surface area contributed by atoms with Gasteiger partial charge in [-0.2, -0.15) is 5.10 Å². The van der Waals surface area contributed by atoms with Gasteiger partial charge in [0.1, 0.15) is 5.82 Å². The van der Waals surface area contributed by atoms with Crippen molar-refractivity contribution in [2.24, 2.45) is 0 Å². The molecule has 94 valence electrons. The van der Waals surface area contributed by atoms with Crippen LogP contribution in [0.5, 0.6) is 0 Å². The molecule has 0 aliphatic heterocycles. The molecule has 0 radical (unpaired) electrons. The second kappa shape index (κ2) is 4.73. The smallest absolute Gasteiger partial charge is 0.181 e. The van der Waals surface area contributed by atoms with E-state index in [4.69, 9.17) is 11.6 Å². The van der Waals surface area contributed by atoms with Crippen LogP contribution in [0.15, 0.2) is 18.2 Å². The van der Waals surface area contributed by atoms with E-state index in [2.05, 4.69) is 15.2 Å². The van der Waals surface area contributed by atoms with Crippen molar-refractivity contribution in [1.82, 2.24) is 15.2 Å². The molecule has 0 spiro atoms. The van der Waals surface area contributed by atoms with Crippen LogP contribution in [0.25, 0.3) is 11.4 Å². The number of halogens is 1. The Balaban J connectivity index is 1.89. The van der Waals surface area contributed by atoms with E-state index in [1.165, 1.54) is 25.7 Å². The van der Waals surface area contributed by atoms with Gasteiger partial charge in [0.05, 0.1) is 0 Å². The first-order chi connectivity index (χ1) is 8.74. The fourth-order valence-electron chi connectivity index (χ4n) is 2.57. The largest absolute Gasteiger partial charge is 0.262 e. The average molecular weight is 262 g/mol. The van der Waals surface area contributed by atoms with Gasteiger partial charge in [0, 0.05) is 16.5 Å². The van der Waals surface area contributed by atoms with Gasteiger partial charge in [-0.15, -0.1) is 0 Å². The third-order valence-electron chi connectivity index (χ3n) is 3.66. The summed E-state index contributed by atoms with van der Waals surface area (Å²) in [7, 11) is 0. The Morgan fingerprint density at radius 3 is 2.78 bits per heavy atom. The van der Waals surface area contributed by atoms with E-state index < -0.39 is 0 Å². The number of aromatic amines is 1. The molecule has 2 aromatic rings. The Kier molecular flexibility index (Phi) is 3.08. The first kappa shape index (κ1) is 11.7. The summed E-state index contributed by atoms with van der Waals surface area (Å²) in [6, 6.07) is 5.90. The van der Waals surface area contributed by atoms with Crippen molar-refractivity contribution < 1.29 is 0 Å². The number of hydrogen-bond acceptors (Lipinski definition) is 2. The fraction of sp³-hybridized carbons (Fsp3) is 0.429. The maximum absolute atomic E-state index is 6.03. The minimum absolute atomic E-state index is 0.569. The number of aromatic nitrogens is 3. The number of rotatable bonds is 2. The molecule has 18 heavy (non-hydrogen) atoms. The zero-order valence-corrected chi connectivity index (χ0v) is 11.2. The van der Waals surface area contributed by atoms with Gasteiger partial charge >= 0.3 is 0 Å². The van der Waals surface area contributed by atoms with Gasteiger partial charge in [0.2, 0.25) is 0 Å². The molecule has 1 saturated carbocycles. The zero-order valence-electron chi connectivity index (χ0n) is 10.4. The summed E-state index contributed by atoms with van der Waals surface area (Å²) in [4.78, 5) is 4.62. The van der Waals surface area contributed by atoms with Gasteiger partial charge in [0.15, 0.2) is 5.82 Å². The van der Waals surface area contributed by atoms with E-state index in [-0.39, 0.29) is 0 Å². The maximum atomic E-state index is 6.03. The third kappa shape index (κ3) is 2.15. The van der Waals surface area contributed by atoms with Gasteiger partial charge in [-0.25, -0.2) is 4.98 Å². The third-order valence-corrected chi connectivity index (χ3v) is 4.08. The second-order valence-corrected chi connectivity index (χ2v) is 5.40. The molecule has 3 rings (SSSR count). The molecule has 4 heteroatoms. The molecule has 3 nitrogen and oxygen atoms in total. The van der Waals surface area contributed by atoms with E-state index >= 15 is 0 Å². The van der Waals surface area contributed by atoms with Crippen LogP contribution in [0.2, 0.25) is 5.02 Å². The molecule has 0 unspecified atom stereocenters. The van der Waals surface area contributed by atoms with Crippen LogP contribution in [0.1, 0.15) is 43.0 Å². The lowest BCUT2D eigenvalue weighted by molar-refractivity contribution is 0.672. The molecule has 1 heterocycles. The van der Waals surface area contributed by atoms with Gasteiger partial charge in [-0.05, 0) is 43.5 Å². The zero-order chi connectivity index (χ0) is 12.5. The highest BCUT2D eigenvalue weighted by Crippen LogP contribution is 2.33. The van der Waals surface area contributed by atoms with Crippen LogP contribution >= 0.6 is 11.6 Å². The molecule has 1 N–H and O–H groups in total. The van der Waals surface area contributed by atoms with Gasteiger partial charge in [0.25, 0.3) is 0 Å². The molecule has 0 bridgehead atoms. The summed E-state index contributed by atoms with van der Waals surface area (Å²) in [6.45, 7) is 2.00. The predicted molar refractivity (Wildman–Crippen MR) is 72.8 cm³/mol. The van der Waals surface area contributed by atoms with E-state index in [0.29, 0.717) is 5.92 Å². The molecule has 1 aromatic carbocycles. The minimum atomic E-state index is 0.569. The van der Waals surface area contributed by atoms with Crippen molar-refractivity contribution >= 4 is 11.6 Å². The standard InChI is InChI=1S/C14H16ClN3/c1-9-8-11(6-7-12(9)15)14-16-13(17-18-14)10-4-2-3-5-10/h6-8,10H,2-5H2,1H3,(H,16,17,18). The van der Waals surface area contributed by atoms with E-state index in [1.54, 1.807) is 0 Å². The normalized spacial score (nSPS) is 16.3. The van der Waals surface area contributed by atoms with Crippen LogP contribution < -0.4 is 0 Å². The Hall–Kier alpha value is -1.35. The van der Waals surface area contributed by atoms with Gasteiger partial charge in [-0.1, -0.05) is 24.4 Å². The lowest BCUT2D eigenvalue weighted by Crippen LogP contribution is -1.94. The number of nitrogens with zero attached hydrogens (tertiary/aromatic N) is 2. The number of benzene rings is 1. The van der Waals surface area contributed by atoms with Crippen LogP contribution in [-0.2, 0) is 0 Å². The molecule has 1 aliphatic carbocycles. The number of H-pyrrole nitrogens is 1. The average Bonchev–Trinajstić information content (AvgIpc) is 3.01. The summed E-state index contributed by atoms with van der Waals surface area (Å²) in [5.74, 6) is 2.38. The molecule has 0 amide bonds. The Bertz CT molecular complexity index is 556. The maximum Gasteiger partial charge on any atom is 0.181 e. The van der Waals surface area contributed by atoms with Crippen molar-refractivity contribution in [3.63, 3.8) is 0 Å². The summed E-state index contributed by atoms with van der Waals surface area (Å²) in [5.41, 5.74) is 2.08. The summed E-state index contributed by atoms with van der Waals surface area (Å²) in [6.07, 6.45) is 5.07. The Morgan fingerprint density at radius 1 is 1.28 bits per heavy atom. The first-order valence-corrected chi connectivity index (χ1v) is 6.80. The van der Waals surface area contributed by atoms with Crippen LogP contribution in [-0.4, -0.2) is 15.2 Å². The van der Waals surface area contributed by atoms with Gasteiger partial charge < -0.3 is 0 Å². The fourth-order valence-corrected chi connectivity index (χ4v) is 2.69. The van der Waals surface area contributed by atoms with Crippen molar-refractivity contribution in [2.75, 3.05) is 0 Å². The number of aryl methyl sites for hydroxylation is 1. The van der Waals surface area contributed by atoms with Crippen molar-refractivity contribution in [2.45, 2.75) is 38.5 Å². The van der Waals surface area contributed by atoms with Gasteiger partial charge in [-0.3, -0.25) is 5.10 Å². The number of nitrogens with one attached hydrogen (secondary N) is 1. The van der Waals surface area contributed by atoms with Crippen LogP contribution in [0.3, 0.4) is 0 Å². The lowest BCUT2D eigenvalue weighted by atomic mass is 10.1. The molecular formula is C14H16ClN3. The molecule has 1 aromatic heterocycles. The van der Waals surface area contributed by atoms with Crippen molar-refractivity contribution in [3.05, 3.63) is 34.6 Å². The van der Waals surface area contributed by atoms with Crippen molar-refractivity contribution in [1.29, 1.82) is 0 Å². The van der Waals surface area contributed by atoms with Crippen molar-refractivity contribution in [3.8, 4) is 11.4 Å². The Morgan fingerprint density at radius 2 is 2.06 bits per heavy atom. The molecule has 0 atom stereocenters. The Labute approximate surface area is 112 Å². The first-order valence-electron chi connectivity index (χ1n) is 6.43. The van der Waals surface area contributed by atoms with E-state index in [9.17, 15) is 0 Å². The highest BCUT2D eigenvalue weighted by atomic mass is 35.5. The second-order valence-electron chi connectivity index (χ2n) is 4.99. The lowest BCUT2D eigenvalue weighted by Gasteiger charge is -2.02. The van der Waals surface area contributed by atoms with Crippen LogP contribution in [0, 0.1) is 6.92 Å². The van der Waals surface area contributed by atoms with E-state index in [1.807, 2.05) is 25.1 Å². The highest BCUT2D eigenvalue weighted by Gasteiger charge is 2.20. The predicted octanol–water partition coefficient (Wildman–Crippen LogP) is 4.09. The minimum Gasteiger partial charge on any atom is -0.262 e. The number of hydrogen-bond donors (Lipinski definition) is 1. The monoisotopic (exact) mass is 261 g/mol. The molecule has 1 aliphatic rings. The SMILES string of the molecule is Cc1cc(-c2n[nH]c(C3CCCC3)n2)ccc1Cl. The highest BCUT2D eigenvalue weighted by molar-refractivity contribution is 6.31. The summed E-state index contributed by atoms with van der Waals surface area (Å²) in [5, 5.41) is 8.19.